The minimum atomic E-state index is -2.64. The predicted octanol–water partition coefficient (Wildman–Crippen LogP) is 7.36. The summed E-state index contributed by atoms with van der Waals surface area (Å²) < 4.78 is 1.75. The van der Waals surface area contributed by atoms with Crippen molar-refractivity contribution in [2.24, 2.45) is 0 Å². The molecule has 0 saturated heterocycles. The Morgan fingerprint density at radius 2 is 1.73 bits per heavy atom. The van der Waals surface area contributed by atoms with Gasteiger partial charge in [0, 0.05) is 0 Å². The maximum atomic E-state index is 12.8. The van der Waals surface area contributed by atoms with Gasteiger partial charge in [0.25, 0.3) is 0 Å². The van der Waals surface area contributed by atoms with Gasteiger partial charge in [-0.1, -0.05) is 0 Å². The van der Waals surface area contributed by atoms with Crippen LogP contribution in [0.1, 0.15) is 54.9 Å². The SMILES string of the molecule is CCCC(=O)[N](Cc1c(C2C(C)=Cc3ccccc32)ccc2ccccc12)[Ti]([Cl])[Cl]. The third-order valence-electron chi connectivity index (χ3n) is 5.82. The molecule has 5 heteroatoms. The molecule has 30 heavy (non-hydrogen) atoms. The normalized spacial score (nSPS) is 15.1. The van der Waals surface area contributed by atoms with Crippen LogP contribution >= 0.6 is 18.6 Å². The molecule has 4 rings (SSSR count). The van der Waals surface area contributed by atoms with E-state index in [1.807, 2.05) is 13.0 Å². The number of amides is 1. The monoisotopic (exact) mass is 472 g/mol. The Balaban J connectivity index is 1.88. The van der Waals surface area contributed by atoms with E-state index < -0.39 is 16.0 Å². The first-order valence-corrected chi connectivity index (χ1v) is 15.3. The average Bonchev–Trinajstić information content (AvgIpc) is 3.07. The van der Waals surface area contributed by atoms with Gasteiger partial charge < -0.3 is 0 Å². The molecular formula is C25H24Cl2NOTi. The predicted molar refractivity (Wildman–Crippen MR) is 123 cm³/mol. The van der Waals surface area contributed by atoms with Gasteiger partial charge in [-0.15, -0.1) is 0 Å². The van der Waals surface area contributed by atoms with Gasteiger partial charge in [0.2, 0.25) is 0 Å². The summed E-state index contributed by atoms with van der Waals surface area (Å²) in [4.78, 5) is 12.8. The van der Waals surface area contributed by atoms with Crippen molar-refractivity contribution in [3.8, 4) is 0 Å². The molecule has 0 aliphatic heterocycles. The van der Waals surface area contributed by atoms with E-state index in [4.69, 9.17) is 18.6 Å². The molecule has 0 fully saturated rings. The number of hydrogen-bond donors (Lipinski definition) is 0. The zero-order valence-corrected chi connectivity index (χ0v) is 20.2. The molecule has 1 aliphatic carbocycles. The molecule has 0 N–H and O–H groups in total. The third kappa shape index (κ3) is 4.12. The first-order valence-electron chi connectivity index (χ1n) is 10.3. The summed E-state index contributed by atoms with van der Waals surface area (Å²) in [6, 6.07) is 21.3. The summed E-state index contributed by atoms with van der Waals surface area (Å²) in [6.07, 6.45) is 3.53. The van der Waals surface area contributed by atoms with Crippen LogP contribution in [0.2, 0.25) is 0 Å². The summed E-state index contributed by atoms with van der Waals surface area (Å²) in [6.45, 7) is 4.65. The number of benzene rings is 3. The Labute approximate surface area is 192 Å². The summed E-state index contributed by atoms with van der Waals surface area (Å²) in [5.74, 6) is 0.230. The molecule has 3 aromatic carbocycles. The van der Waals surface area contributed by atoms with Gasteiger partial charge in [-0.05, 0) is 0 Å². The number of carbonyl (C=O) groups excluding carboxylic acids is 1. The second-order valence-electron chi connectivity index (χ2n) is 7.78. The van der Waals surface area contributed by atoms with Crippen LogP contribution in [0.15, 0.2) is 66.2 Å². The van der Waals surface area contributed by atoms with Gasteiger partial charge in [0.15, 0.2) is 0 Å². The second-order valence-corrected chi connectivity index (χ2v) is 13.1. The molecule has 0 saturated carbocycles. The molecule has 153 valence electrons. The zero-order chi connectivity index (χ0) is 21.3. The van der Waals surface area contributed by atoms with Crippen molar-refractivity contribution < 1.29 is 20.8 Å². The van der Waals surface area contributed by atoms with Crippen LogP contribution in [0, 0.1) is 0 Å². The van der Waals surface area contributed by atoms with Gasteiger partial charge in [0.05, 0.1) is 0 Å². The van der Waals surface area contributed by atoms with Gasteiger partial charge >= 0.3 is 193 Å². The van der Waals surface area contributed by atoms with Crippen LogP contribution in [0.4, 0.5) is 0 Å². The minimum absolute atomic E-state index is 0.0514. The fraction of sp³-hybridized carbons (Fsp3) is 0.240. The first kappa shape index (κ1) is 21.6. The second kappa shape index (κ2) is 9.28. The number of nitrogens with zero attached hydrogens (tertiary/aromatic N) is 1. The molecule has 1 aliphatic rings. The summed E-state index contributed by atoms with van der Waals surface area (Å²) >= 11 is -2.64. The van der Waals surface area contributed by atoms with E-state index in [2.05, 4.69) is 67.6 Å². The molecule has 0 radical (unpaired) electrons. The van der Waals surface area contributed by atoms with Crippen molar-refractivity contribution in [2.45, 2.75) is 39.2 Å². The number of hydrogen-bond acceptors (Lipinski definition) is 1. The Kier molecular flexibility index (Phi) is 6.70. The van der Waals surface area contributed by atoms with Gasteiger partial charge in [-0.2, -0.15) is 0 Å². The fourth-order valence-corrected chi connectivity index (χ4v) is 6.61. The van der Waals surface area contributed by atoms with Crippen LogP contribution in [0.5, 0.6) is 0 Å². The van der Waals surface area contributed by atoms with E-state index in [9.17, 15) is 4.79 Å². The summed E-state index contributed by atoms with van der Waals surface area (Å²) in [5, 5.41) is 2.33. The zero-order valence-electron chi connectivity index (χ0n) is 17.2. The van der Waals surface area contributed by atoms with Crippen molar-refractivity contribution in [1.29, 1.82) is 0 Å². The summed E-state index contributed by atoms with van der Waals surface area (Å²) in [7, 11) is 12.8. The van der Waals surface area contributed by atoms with Crippen molar-refractivity contribution in [2.75, 3.05) is 0 Å². The van der Waals surface area contributed by atoms with Gasteiger partial charge in [-0.3, -0.25) is 0 Å². The van der Waals surface area contributed by atoms with Crippen molar-refractivity contribution in [3.05, 3.63) is 88.5 Å². The fourth-order valence-electron chi connectivity index (χ4n) is 4.44. The van der Waals surface area contributed by atoms with E-state index in [0.29, 0.717) is 13.0 Å². The van der Waals surface area contributed by atoms with E-state index in [1.54, 1.807) is 3.38 Å². The van der Waals surface area contributed by atoms with Crippen LogP contribution in [0.25, 0.3) is 16.8 Å². The van der Waals surface area contributed by atoms with Crippen molar-refractivity contribution >= 4 is 41.4 Å². The van der Waals surface area contributed by atoms with E-state index in [0.717, 1.165) is 22.8 Å². The molecular weight excluding hydrogens is 449 g/mol. The standard InChI is InChI=1S/C25H25NO.2ClH.Ti/c1-3-8-24(27)26-16-23-20-11-6-4-9-18(20)13-14-22(23)25-17(2)15-19-10-5-7-12-21(19)25;;;/h4-7,9-15,25H,3,8,16H2,1-2H3,(H,26,27);2*1H;/q;;;+3/p-3. The van der Waals surface area contributed by atoms with E-state index in [-0.39, 0.29) is 11.8 Å². The topological polar surface area (TPSA) is 20.3 Å². The Bertz CT molecular complexity index is 1130. The van der Waals surface area contributed by atoms with Gasteiger partial charge in [0.1, 0.15) is 0 Å². The van der Waals surface area contributed by atoms with E-state index >= 15 is 0 Å². The Morgan fingerprint density at radius 1 is 1.00 bits per heavy atom. The number of allylic oxidation sites excluding steroid dienone is 1. The number of rotatable bonds is 6. The number of halogens is 2. The van der Waals surface area contributed by atoms with Crippen LogP contribution in [-0.2, 0) is 27.3 Å². The molecule has 1 amide bonds. The quantitative estimate of drug-likeness (QED) is 0.343. The molecule has 0 aromatic heterocycles. The number of fused-ring (bicyclic) bond motifs is 2. The van der Waals surface area contributed by atoms with Crippen LogP contribution in [-0.4, -0.2) is 9.29 Å². The van der Waals surface area contributed by atoms with Crippen molar-refractivity contribution in [3.63, 3.8) is 0 Å². The molecule has 0 heterocycles. The summed E-state index contributed by atoms with van der Waals surface area (Å²) in [5.41, 5.74) is 6.27. The van der Waals surface area contributed by atoms with E-state index in [1.165, 1.54) is 22.3 Å². The third-order valence-corrected chi connectivity index (χ3v) is 8.77. The maximum absolute atomic E-state index is 12.8. The molecule has 0 bridgehead atoms. The molecule has 0 spiro atoms. The number of carbonyl (C=O) groups is 1. The van der Waals surface area contributed by atoms with Crippen LogP contribution in [0.3, 0.4) is 0 Å². The first-order chi connectivity index (χ1) is 14.5. The van der Waals surface area contributed by atoms with Crippen molar-refractivity contribution in [1.82, 2.24) is 3.38 Å². The average molecular weight is 473 g/mol. The molecule has 2 nitrogen and oxygen atoms in total. The molecule has 3 aromatic rings. The van der Waals surface area contributed by atoms with Crippen LogP contribution < -0.4 is 0 Å². The van der Waals surface area contributed by atoms with Gasteiger partial charge in [-0.25, -0.2) is 0 Å². The Hall–Kier alpha value is -1.58. The molecule has 1 unspecified atom stereocenters. The molecule has 1 atom stereocenters. The Morgan fingerprint density at radius 3 is 2.50 bits per heavy atom.